The molecule has 3 nitrogen and oxygen atoms in total. The molecule has 2 aromatic carbocycles. The van der Waals surface area contributed by atoms with Gasteiger partial charge >= 0.3 is 0 Å². The summed E-state index contributed by atoms with van der Waals surface area (Å²) in [5.74, 6) is -0.0349. The van der Waals surface area contributed by atoms with Gasteiger partial charge in [-0.1, -0.05) is 41.9 Å². The number of anilines is 1. The fourth-order valence-electron chi connectivity index (χ4n) is 3.00. The fourth-order valence-corrected chi connectivity index (χ4v) is 3.17. The Balaban J connectivity index is 1.85. The summed E-state index contributed by atoms with van der Waals surface area (Å²) >= 11 is 6.05. The molecule has 1 aromatic heterocycles. The van der Waals surface area contributed by atoms with Gasteiger partial charge in [0.2, 0.25) is 5.91 Å². The van der Waals surface area contributed by atoms with Gasteiger partial charge in [-0.05, 0) is 54.8 Å². The number of aryl methyl sites for hydroxylation is 2. The first-order chi connectivity index (χ1) is 12.0. The minimum atomic E-state index is -0.0457. The topological polar surface area (TPSA) is 34.0 Å². The van der Waals surface area contributed by atoms with E-state index in [1.165, 1.54) is 5.56 Å². The van der Waals surface area contributed by atoms with E-state index in [0.717, 1.165) is 16.8 Å². The largest absolute Gasteiger partial charge is 0.346 e. The van der Waals surface area contributed by atoms with Crippen molar-refractivity contribution in [1.29, 1.82) is 0 Å². The van der Waals surface area contributed by atoms with Crippen LogP contribution < -0.4 is 5.32 Å². The maximum absolute atomic E-state index is 12.7. The first-order valence-corrected chi connectivity index (χ1v) is 8.66. The number of hydrogen-bond donors (Lipinski definition) is 1. The van der Waals surface area contributed by atoms with Crippen LogP contribution >= 0.6 is 11.6 Å². The van der Waals surface area contributed by atoms with Crippen molar-refractivity contribution >= 4 is 23.2 Å². The average molecular weight is 353 g/mol. The third-order valence-corrected chi connectivity index (χ3v) is 4.62. The Labute approximate surface area is 153 Å². The zero-order chi connectivity index (χ0) is 17.8. The quantitative estimate of drug-likeness (QED) is 0.657. The smallest absolute Gasteiger partial charge is 0.226 e. The van der Waals surface area contributed by atoms with Crippen molar-refractivity contribution in [3.8, 4) is 0 Å². The standard InChI is InChI=1S/C21H21ClN2O/c1-15-7-3-4-8-18(15)20(24-11-5-6-12-24)14-21(25)23-19-13-17(22)10-9-16(19)2/h3-13,20H,14H2,1-2H3,(H,23,25)/t20-/m0/s1. The highest BCUT2D eigenvalue weighted by molar-refractivity contribution is 6.31. The molecule has 25 heavy (non-hydrogen) atoms. The molecule has 0 aliphatic carbocycles. The second kappa shape index (κ2) is 7.58. The highest BCUT2D eigenvalue weighted by Gasteiger charge is 2.19. The maximum atomic E-state index is 12.7. The molecule has 0 saturated carbocycles. The molecule has 0 unspecified atom stereocenters. The number of hydrogen-bond acceptors (Lipinski definition) is 1. The monoisotopic (exact) mass is 352 g/mol. The van der Waals surface area contributed by atoms with Crippen LogP contribution in [-0.2, 0) is 4.79 Å². The molecule has 1 N–H and O–H groups in total. The lowest BCUT2D eigenvalue weighted by Crippen LogP contribution is -2.20. The van der Waals surface area contributed by atoms with Gasteiger partial charge in [-0.3, -0.25) is 4.79 Å². The summed E-state index contributed by atoms with van der Waals surface area (Å²) < 4.78 is 2.08. The molecule has 0 aliphatic heterocycles. The molecule has 3 aromatic rings. The second-order valence-electron chi connectivity index (χ2n) is 6.21. The predicted molar refractivity (Wildman–Crippen MR) is 103 cm³/mol. The molecule has 0 aliphatic rings. The average Bonchev–Trinajstić information content (AvgIpc) is 3.11. The lowest BCUT2D eigenvalue weighted by molar-refractivity contribution is -0.116. The second-order valence-corrected chi connectivity index (χ2v) is 6.65. The van der Waals surface area contributed by atoms with Crippen molar-refractivity contribution in [2.24, 2.45) is 0 Å². The third-order valence-electron chi connectivity index (χ3n) is 4.39. The number of amides is 1. The minimum Gasteiger partial charge on any atom is -0.346 e. The third kappa shape index (κ3) is 4.12. The molecule has 1 atom stereocenters. The number of halogens is 1. The normalized spacial score (nSPS) is 12.0. The predicted octanol–water partition coefficient (Wildman–Crippen LogP) is 5.38. The summed E-state index contributed by atoms with van der Waals surface area (Å²) in [6.45, 7) is 4.03. The summed E-state index contributed by atoms with van der Waals surface area (Å²) in [5, 5.41) is 3.61. The van der Waals surface area contributed by atoms with E-state index < -0.39 is 0 Å². The van der Waals surface area contributed by atoms with Crippen LogP contribution in [0.3, 0.4) is 0 Å². The van der Waals surface area contributed by atoms with E-state index in [2.05, 4.69) is 28.9 Å². The number of carbonyl (C=O) groups is 1. The summed E-state index contributed by atoms with van der Waals surface area (Å²) in [5.41, 5.74) is 4.07. The first kappa shape index (κ1) is 17.3. The summed E-state index contributed by atoms with van der Waals surface area (Å²) in [6.07, 6.45) is 4.34. The van der Waals surface area contributed by atoms with Gasteiger partial charge in [-0.2, -0.15) is 0 Å². The minimum absolute atomic E-state index is 0.0349. The molecule has 0 radical (unpaired) electrons. The van der Waals surface area contributed by atoms with E-state index in [-0.39, 0.29) is 11.9 Å². The zero-order valence-electron chi connectivity index (χ0n) is 14.4. The maximum Gasteiger partial charge on any atom is 0.226 e. The van der Waals surface area contributed by atoms with Crippen molar-refractivity contribution in [2.45, 2.75) is 26.3 Å². The lowest BCUT2D eigenvalue weighted by Gasteiger charge is -2.21. The highest BCUT2D eigenvalue weighted by Crippen LogP contribution is 2.27. The lowest BCUT2D eigenvalue weighted by atomic mass is 9.98. The van der Waals surface area contributed by atoms with E-state index in [0.29, 0.717) is 11.4 Å². The number of aromatic nitrogens is 1. The Bertz CT molecular complexity index is 871. The van der Waals surface area contributed by atoms with Crippen molar-refractivity contribution in [3.63, 3.8) is 0 Å². The number of nitrogens with one attached hydrogen (secondary N) is 1. The van der Waals surface area contributed by atoms with Gasteiger partial charge in [0, 0.05) is 23.1 Å². The summed E-state index contributed by atoms with van der Waals surface area (Å²) in [7, 11) is 0. The van der Waals surface area contributed by atoms with Crippen LogP contribution in [0.4, 0.5) is 5.69 Å². The summed E-state index contributed by atoms with van der Waals surface area (Å²) in [6, 6.07) is 17.6. The molecule has 128 valence electrons. The molecular weight excluding hydrogens is 332 g/mol. The molecule has 0 spiro atoms. The van der Waals surface area contributed by atoms with Crippen LogP contribution in [-0.4, -0.2) is 10.5 Å². The zero-order valence-corrected chi connectivity index (χ0v) is 15.1. The Kier molecular flexibility index (Phi) is 5.25. The van der Waals surface area contributed by atoms with Crippen LogP contribution in [0.25, 0.3) is 0 Å². The number of nitrogens with zero attached hydrogens (tertiary/aromatic N) is 1. The summed E-state index contributed by atoms with van der Waals surface area (Å²) in [4.78, 5) is 12.7. The van der Waals surface area contributed by atoms with Gasteiger partial charge in [-0.25, -0.2) is 0 Å². The van der Waals surface area contributed by atoms with E-state index in [4.69, 9.17) is 11.6 Å². The van der Waals surface area contributed by atoms with Gasteiger partial charge in [0.15, 0.2) is 0 Å². The molecule has 0 fully saturated rings. The van der Waals surface area contributed by atoms with E-state index in [1.54, 1.807) is 6.07 Å². The molecule has 4 heteroatoms. The molecule has 0 saturated heterocycles. The van der Waals surface area contributed by atoms with Crippen LogP contribution in [0.15, 0.2) is 67.0 Å². The Morgan fingerprint density at radius 3 is 2.48 bits per heavy atom. The molecular formula is C21H21ClN2O. The van der Waals surface area contributed by atoms with Crippen molar-refractivity contribution in [3.05, 3.63) is 88.7 Å². The first-order valence-electron chi connectivity index (χ1n) is 8.28. The van der Waals surface area contributed by atoms with Crippen molar-refractivity contribution < 1.29 is 4.79 Å². The Morgan fingerprint density at radius 1 is 1.04 bits per heavy atom. The molecule has 3 rings (SSSR count). The van der Waals surface area contributed by atoms with Crippen molar-refractivity contribution in [2.75, 3.05) is 5.32 Å². The van der Waals surface area contributed by atoms with E-state index in [1.807, 2.05) is 55.7 Å². The number of rotatable bonds is 5. The van der Waals surface area contributed by atoms with Crippen LogP contribution in [0, 0.1) is 13.8 Å². The molecule has 1 amide bonds. The fraction of sp³-hybridized carbons (Fsp3) is 0.190. The Morgan fingerprint density at radius 2 is 1.76 bits per heavy atom. The van der Waals surface area contributed by atoms with Crippen LogP contribution in [0.1, 0.15) is 29.2 Å². The Hall–Kier alpha value is -2.52. The van der Waals surface area contributed by atoms with E-state index >= 15 is 0 Å². The van der Waals surface area contributed by atoms with E-state index in [9.17, 15) is 4.79 Å². The molecule has 0 bridgehead atoms. The van der Waals surface area contributed by atoms with Crippen molar-refractivity contribution in [1.82, 2.24) is 4.57 Å². The van der Waals surface area contributed by atoms with Gasteiger partial charge in [-0.15, -0.1) is 0 Å². The number of benzene rings is 2. The number of carbonyl (C=O) groups excluding carboxylic acids is 1. The van der Waals surface area contributed by atoms with Gasteiger partial charge < -0.3 is 9.88 Å². The van der Waals surface area contributed by atoms with Gasteiger partial charge in [0.05, 0.1) is 12.5 Å². The highest BCUT2D eigenvalue weighted by atomic mass is 35.5. The van der Waals surface area contributed by atoms with Crippen LogP contribution in [0.5, 0.6) is 0 Å². The SMILES string of the molecule is Cc1ccc(Cl)cc1NC(=O)C[C@@H](c1ccccc1C)n1cccc1. The van der Waals surface area contributed by atoms with Gasteiger partial charge in [0.25, 0.3) is 0 Å². The van der Waals surface area contributed by atoms with Crippen LogP contribution in [0.2, 0.25) is 5.02 Å². The molecule has 1 heterocycles. The van der Waals surface area contributed by atoms with Gasteiger partial charge in [0.1, 0.15) is 0 Å².